The number of piperazine rings is 1. The van der Waals surface area contributed by atoms with Gasteiger partial charge in [0.1, 0.15) is 12.4 Å². The molecule has 0 bridgehead atoms. The third-order valence-electron chi connectivity index (χ3n) is 2.90. The molecule has 6 nitrogen and oxygen atoms in total. The van der Waals surface area contributed by atoms with Crippen molar-refractivity contribution in [2.24, 2.45) is 0 Å². The van der Waals surface area contributed by atoms with Gasteiger partial charge in [0.25, 0.3) is 0 Å². The van der Waals surface area contributed by atoms with Gasteiger partial charge in [0, 0.05) is 26.2 Å². The fourth-order valence-corrected chi connectivity index (χ4v) is 1.90. The molecule has 1 aromatic heterocycles. The number of aliphatic hydroxyl groups is 1. The lowest BCUT2D eigenvalue weighted by molar-refractivity contribution is -0.134. The minimum Gasteiger partial charge on any atom is -0.387 e. The molecule has 0 spiro atoms. The van der Waals surface area contributed by atoms with E-state index in [-0.39, 0.29) is 5.91 Å². The normalized spacial score (nSPS) is 16.1. The van der Waals surface area contributed by atoms with Crippen molar-refractivity contribution >= 4 is 17.4 Å². The molecule has 0 atom stereocenters. The molecule has 2 rings (SSSR count). The van der Waals surface area contributed by atoms with E-state index >= 15 is 0 Å². The first-order valence-electron chi connectivity index (χ1n) is 5.56. The smallest absolute Gasteiger partial charge is 0.248 e. The van der Waals surface area contributed by atoms with Crippen molar-refractivity contribution < 1.29 is 9.90 Å². The van der Waals surface area contributed by atoms with Crippen LogP contribution in [0.3, 0.4) is 0 Å². The molecule has 1 fully saturated rings. The van der Waals surface area contributed by atoms with Crippen molar-refractivity contribution in [2.45, 2.75) is 0 Å². The van der Waals surface area contributed by atoms with Gasteiger partial charge in [-0.2, -0.15) is 0 Å². The van der Waals surface area contributed by atoms with Gasteiger partial charge in [-0.3, -0.25) is 4.79 Å². The molecule has 1 aliphatic heterocycles. The maximum atomic E-state index is 11.3. The maximum Gasteiger partial charge on any atom is 0.248 e. The number of aromatic nitrogens is 1. The van der Waals surface area contributed by atoms with Gasteiger partial charge in [-0.05, 0) is 12.1 Å². The summed E-state index contributed by atoms with van der Waals surface area (Å²) < 4.78 is 0. The van der Waals surface area contributed by atoms with Crippen LogP contribution in [0, 0.1) is 0 Å². The summed E-state index contributed by atoms with van der Waals surface area (Å²) in [7, 11) is 0. The Kier molecular flexibility index (Phi) is 3.43. The number of nitrogen functional groups attached to an aromatic ring is 1. The van der Waals surface area contributed by atoms with E-state index in [0.717, 1.165) is 18.8 Å². The topological polar surface area (TPSA) is 82.7 Å². The Labute approximate surface area is 99.7 Å². The first kappa shape index (κ1) is 11.7. The van der Waals surface area contributed by atoms with Crippen molar-refractivity contribution in [3.8, 4) is 0 Å². The molecule has 0 radical (unpaired) electrons. The molecule has 2 heterocycles. The third-order valence-corrected chi connectivity index (χ3v) is 2.90. The highest BCUT2D eigenvalue weighted by atomic mass is 16.3. The van der Waals surface area contributed by atoms with E-state index in [2.05, 4.69) is 9.88 Å². The number of nitrogens with zero attached hydrogens (tertiary/aromatic N) is 3. The second kappa shape index (κ2) is 5.01. The maximum absolute atomic E-state index is 11.3. The molecule has 0 aromatic carbocycles. The number of rotatable bonds is 2. The Bertz CT molecular complexity index is 385. The molecule has 1 amide bonds. The lowest BCUT2D eigenvalue weighted by Gasteiger charge is -2.35. The number of anilines is 2. The zero-order chi connectivity index (χ0) is 12.3. The molecule has 0 saturated carbocycles. The minimum atomic E-state index is -0.413. The molecule has 1 saturated heterocycles. The summed E-state index contributed by atoms with van der Waals surface area (Å²) in [5, 5.41) is 8.77. The monoisotopic (exact) mass is 236 g/mol. The molecule has 0 aliphatic carbocycles. The Balaban J connectivity index is 1.95. The average Bonchev–Trinajstić information content (AvgIpc) is 2.39. The zero-order valence-corrected chi connectivity index (χ0v) is 9.54. The fraction of sp³-hybridized carbons (Fsp3) is 0.455. The first-order chi connectivity index (χ1) is 8.20. The van der Waals surface area contributed by atoms with Crippen LogP contribution in [-0.4, -0.2) is 53.7 Å². The van der Waals surface area contributed by atoms with Gasteiger partial charge in [0.15, 0.2) is 0 Å². The van der Waals surface area contributed by atoms with Crippen molar-refractivity contribution in [3.63, 3.8) is 0 Å². The summed E-state index contributed by atoms with van der Waals surface area (Å²) in [5.74, 6) is 0.294. The highest BCUT2D eigenvalue weighted by Gasteiger charge is 2.20. The number of hydrogen-bond acceptors (Lipinski definition) is 5. The average molecular weight is 236 g/mol. The third kappa shape index (κ3) is 2.65. The predicted molar refractivity (Wildman–Crippen MR) is 64.5 cm³/mol. The molecule has 92 valence electrons. The fourth-order valence-electron chi connectivity index (χ4n) is 1.90. The largest absolute Gasteiger partial charge is 0.387 e. The van der Waals surface area contributed by atoms with Crippen LogP contribution in [0.25, 0.3) is 0 Å². The van der Waals surface area contributed by atoms with Crippen LogP contribution in [0.15, 0.2) is 18.3 Å². The lowest BCUT2D eigenvalue weighted by atomic mass is 10.2. The molecule has 0 unspecified atom stereocenters. The van der Waals surface area contributed by atoms with E-state index in [1.807, 2.05) is 6.07 Å². The Morgan fingerprint density at radius 2 is 2.06 bits per heavy atom. The zero-order valence-electron chi connectivity index (χ0n) is 9.54. The molecule has 3 N–H and O–H groups in total. The quantitative estimate of drug-likeness (QED) is 0.710. The lowest BCUT2D eigenvalue weighted by Crippen LogP contribution is -2.49. The molecule has 6 heteroatoms. The van der Waals surface area contributed by atoms with Crippen molar-refractivity contribution in [2.75, 3.05) is 43.4 Å². The summed E-state index contributed by atoms with van der Waals surface area (Å²) in [6.07, 6.45) is 1.73. The van der Waals surface area contributed by atoms with E-state index in [0.29, 0.717) is 18.9 Å². The summed E-state index contributed by atoms with van der Waals surface area (Å²) in [5.41, 5.74) is 6.54. The van der Waals surface area contributed by atoms with Gasteiger partial charge in [0.05, 0.1) is 11.9 Å². The number of nitrogens with two attached hydrogens (primary N) is 1. The second-order valence-electron chi connectivity index (χ2n) is 3.97. The molecule has 1 aromatic rings. The van der Waals surface area contributed by atoms with E-state index in [1.54, 1.807) is 17.2 Å². The number of aliphatic hydroxyl groups excluding tert-OH is 1. The van der Waals surface area contributed by atoms with Crippen LogP contribution in [0.2, 0.25) is 0 Å². The van der Waals surface area contributed by atoms with Crippen molar-refractivity contribution in [1.29, 1.82) is 0 Å². The van der Waals surface area contributed by atoms with E-state index < -0.39 is 6.61 Å². The van der Waals surface area contributed by atoms with E-state index in [9.17, 15) is 4.79 Å². The van der Waals surface area contributed by atoms with Gasteiger partial charge >= 0.3 is 0 Å². The molecular formula is C11H16N4O2. The van der Waals surface area contributed by atoms with E-state index in [4.69, 9.17) is 10.8 Å². The van der Waals surface area contributed by atoms with E-state index in [1.165, 1.54) is 0 Å². The summed E-state index contributed by atoms with van der Waals surface area (Å²) in [4.78, 5) is 19.1. The Morgan fingerprint density at radius 3 is 2.59 bits per heavy atom. The number of carbonyl (C=O) groups excluding carboxylic acids is 1. The standard InChI is InChI=1S/C11H16N4O2/c12-10-2-1-9(7-13-10)14-3-5-15(6-4-14)11(17)8-16/h1-2,7,16H,3-6,8H2,(H2,12,13). The second-order valence-corrected chi connectivity index (χ2v) is 3.97. The first-order valence-corrected chi connectivity index (χ1v) is 5.56. The molecular weight excluding hydrogens is 220 g/mol. The van der Waals surface area contributed by atoms with Gasteiger partial charge < -0.3 is 20.6 Å². The highest BCUT2D eigenvalue weighted by molar-refractivity contribution is 5.77. The van der Waals surface area contributed by atoms with Gasteiger partial charge in [0.2, 0.25) is 5.91 Å². The number of amides is 1. The summed E-state index contributed by atoms with van der Waals surface area (Å²) in [6, 6.07) is 3.69. The van der Waals surface area contributed by atoms with Crippen LogP contribution in [0.1, 0.15) is 0 Å². The van der Waals surface area contributed by atoms with Crippen LogP contribution in [0.4, 0.5) is 11.5 Å². The van der Waals surface area contributed by atoms with Crippen molar-refractivity contribution in [1.82, 2.24) is 9.88 Å². The van der Waals surface area contributed by atoms with Crippen LogP contribution >= 0.6 is 0 Å². The summed E-state index contributed by atoms with van der Waals surface area (Å²) in [6.45, 7) is 2.34. The molecule has 1 aliphatic rings. The minimum absolute atomic E-state index is 0.208. The van der Waals surface area contributed by atoms with Crippen molar-refractivity contribution in [3.05, 3.63) is 18.3 Å². The predicted octanol–water partition coefficient (Wildman–Crippen LogP) is -0.695. The number of carbonyl (C=O) groups is 1. The van der Waals surface area contributed by atoms with Gasteiger partial charge in [-0.1, -0.05) is 0 Å². The van der Waals surface area contributed by atoms with Crippen LogP contribution in [0.5, 0.6) is 0 Å². The Hall–Kier alpha value is -1.82. The van der Waals surface area contributed by atoms with Gasteiger partial charge in [-0.25, -0.2) is 4.98 Å². The Morgan fingerprint density at radius 1 is 1.35 bits per heavy atom. The molecule has 17 heavy (non-hydrogen) atoms. The van der Waals surface area contributed by atoms with Crippen LogP contribution < -0.4 is 10.6 Å². The van der Waals surface area contributed by atoms with Crippen LogP contribution in [-0.2, 0) is 4.79 Å². The number of pyridine rings is 1. The van der Waals surface area contributed by atoms with Gasteiger partial charge in [-0.15, -0.1) is 0 Å². The SMILES string of the molecule is Nc1ccc(N2CCN(C(=O)CO)CC2)cn1. The highest BCUT2D eigenvalue weighted by Crippen LogP contribution is 2.16. The summed E-state index contributed by atoms with van der Waals surface area (Å²) >= 11 is 0. The number of hydrogen-bond donors (Lipinski definition) is 2.